The molecule has 32 heavy (non-hydrogen) atoms. The Kier molecular flexibility index (Phi) is 6.25. The fourth-order valence-corrected chi connectivity index (χ4v) is 5.17. The maximum atomic E-state index is 12.8. The summed E-state index contributed by atoms with van der Waals surface area (Å²) in [7, 11) is 1.84. The van der Waals surface area contributed by atoms with E-state index in [0.29, 0.717) is 19.7 Å². The average molecular weight is 453 g/mol. The van der Waals surface area contributed by atoms with Gasteiger partial charge in [-0.1, -0.05) is 24.3 Å². The molecule has 0 bridgehead atoms. The molecule has 0 unspecified atom stereocenters. The predicted octanol–water partition coefficient (Wildman–Crippen LogP) is 2.71. The number of hydrogen-bond acceptors (Lipinski definition) is 7. The molecule has 1 atom stereocenters. The van der Waals surface area contributed by atoms with Gasteiger partial charge in [0.05, 0.1) is 29.9 Å². The lowest BCUT2D eigenvalue weighted by Gasteiger charge is -2.35. The number of para-hydroxylation sites is 3. The van der Waals surface area contributed by atoms with Crippen LogP contribution in [0.4, 0.5) is 0 Å². The molecule has 0 N–H and O–H groups in total. The normalized spacial score (nSPS) is 19.2. The van der Waals surface area contributed by atoms with Gasteiger partial charge < -0.3 is 14.4 Å². The number of carbonyl (C=O) groups excluding carboxylic acids is 1. The second kappa shape index (κ2) is 9.44. The molecule has 0 spiro atoms. The Morgan fingerprint density at radius 2 is 1.78 bits per heavy atom. The first-order chi connectivity index (χ1) is 15.6. The van der Waals surface area contributed by atoms with Crippen molar-refractivity contribution in [3.63, 3.8) is 0 Å². The van der Waals surface area contributed by atoms with Crippen molar-refractivity contribution in [2.24, 2.45) is 0 Å². The third-order valence-corrected chi connectivity index (χ3v) is 7.01. The molecule has 2 aliphatic heterocycles. The summed E-state index contributed by atoms with van der Waals surface area (Å²) in [6.45, 7) is 5.97. The van der Waals surface area contributed by atoms with E-state index in [1.54, 1.807) is 16.2 Å². The van der Waals surface area contributed by atoms with Crippen molar-refractivity contribution in [3.05, 3.63) is 53.5 Å². The Balaban J connectivity index is 1.07. The Morgan fingerprint density at radius 3 is 2.59 bits per heavy atom. The zero-order valence-corrected chi connectivity index (χ0v) is 19.1. The van der Waals surface area contributed by atoms with Crippen LogP contribution in [-0.2, 0) is 11.3 Å². The second-order valence-corrected chi connectivity index (χ2v) is 9.51. The smallest absolute Gasteiger partial charge is 0.236 e. The van der Waals surface area contributed by atoms with Gasteiger partial charge in [0.2, 0.25) is 5.91 Å². The van der Waals surface area contributed by atoms with Crippen molar-refractivity contribution in [1.29, 1.82) is 0 Å². The third kappa shape index (κ3) is 4.87. The molecule has 2 aromatic carbocycles. The van der Waals surface area contributed by atoms with Gasteiger partial charge in [0.1, 0.15) is 11.6 Å². The maximum Gasteiger partial charge on any atom is 0.236 e. The summed E-state index contributed by atoms with van der Waals surface area (Å²) in [5.74, 6) is 1.63. The molecule has 7 nitrogen and oxygen atoms in total. The number of benzene rings is 2. The number of hydrogen-bond donors (Lipinski definition) is 0. The highest BCUT2D eigenvalue weighted by Gasteiger charge is 2.26. The van der Waals surface area contributed by atoms with Crippen LogP contribution in [0.25, 0.3) is 10.2 Å². The number of carbonyl (C=O) groups is 1. The van der Waals surface area contributed by atoms with Crippen LogP contribution in [0.3, 0.4) is 0 Å². The molecule has 5 rings (SSSR count). The number of ether oxygens (including phenoxy) is 2. The molecule has 2 aliphatic rings. The summed E-state index contributed by atoms with van der Waals surface area (Å²) in [5, 5.41) is 1.16. The molecule has 0 aliphatic carbocycles. The molecule has 1 amide bonds. The van der Waals surface area contributed by atoms with Crippen LogP contribution in [0.2, 0.25) is 0 Å². The quantitative estimate of drug-likeness (QED) is 0.573. The minimum absolute atomic E-state index is 0.118. The van der Waals surface area contributed by atoms with Crippen molar-refractivity contribution in [3.8, 4) is 11.5 Å². The van der Waals surface area contributed by atoms with E-state index in [-0.39, 0.29) is 12.0 Å². The first kappa shape index (κ1) is 21.2. The lowest BCUT2D eigenvalue weighted by molar-refractivity contribution is -0.133. The van der Waals surface area contributed by atoms with E-state index in [4.69, 9.17) is 14.5 Å². The van der Waals surface area contributed by atoms with E-state index in [9.17, 15) is 4.79 Å². The maximum absolute atomic E-state index is 12.8. The summed E-state index contributed by atoms with van der Waals surface area (Å²) in [6.07, 6.45) is -0.149. The zero-order chi connectivity index (χ0) is 21.9. The molecule has 1 fully saturated rings. The first-order valence-corrected chi connectivity index (χ1v) is 11.9. The van der Waals surface area contributed by atoms with Crippen molar-refractivity contribution >= 4 is 27.5 Å². The first-order valence-electron chi connectivity index (χ1n) is 11.1. The van der Waals surface area contributed by atoms with Crippen LogP contribution < -0.4 is 9.47 Å². The van der Waals surface area contributed by atoms with Gasteiger partial charge in [0.25, 0.3) is 0 Å². The summed E-state index contributed by atoms with van der Waals surface area (Å²) < 4.78 is 13.0. The van der Waals surface area contributed by atoms with E-state index < -0.39 is 0 Å². The lowest BCUT2D eigenvalue weighted by Crippen LogP contribution is -2.50. The predicted molar refractivity (Wildman–Crippen MR) is 125 cm³/mol. The van der Waals surface area contributed by atoms with Gasteiger partial charge in [-0.25, -0.2) is 4.98 Å². The molecule has 1 saturated heterocycles. The minimum Gasteiger partial charge on any atom is -0.486 e. The fourth-order valence-electron chi connectivity index (χ4n) is 4.16. The topological polar surface area (TPSA) is 58.1 Å². The van der Waals surface area contributed by atoms with Crippen molar-refractivity contribution in [2.75, 3.05) is 52.9 Å². The Bertz CT molecular complexity index is 1050. The SMILES string of the molecule is CN(C[C@@H]1COc2ccccc2O1)C(=O)CN1CCN(Cc2nc3ccccc3s2)CC1. The summed E-state index contributed by atoms with van der Waals surface area (Å²) >= 11 is 1.77. The Labute approximate surface area is 192 Å². The van der Waals surface area contributed by atoms with Crippen LogP contribution in [0, 0.1) is 0 Å². The minimum atomic E-state index is -0.149. The molecule has 8 heteroatoms. The molecule has 0 radical (unpaired) electrons. The summed E-state index contributed by atoms with van der Waals surface area (Å²) in [4.78, 5) is 23.9. The van der Waals surface area contributed by atoms with Crippen molar-refractivity contribution in [1.82, 2.24) is 19.7 Å². The van der Waals surface area contributed by atoms with Gasteiger partial charge in [-0.15, -0.1) is 11.3 Å². The van der Waals surface area contributed by atoms with E-state index in [0.717, 1.165) is 54.7 Å². The van der Waals surface area contributed by atoms with Gasteiger partial charge in [-0.3, -0.25) is 14.6 Å². The van der Waals surface area contributed by atoms with E-state index in [1.807, 2.05) is 37.4 Å². The molecule has 1 aromatic heterocycles. The second-order valence-electron chi connectivity index (χ2n) is 8.40. The van der Waals surface area contributed by atoms with Crippen LogP contribution in [0.1, 0.15) is 5.01 Å². The average Bonchev–Trinajstić information content (AvgIpc) is 3.22. The fraction of sp³-hybridized carbons (Fsp3) is 0.417. The number of rotatable bonds is 6. The number of amides is 1. The number of likely N-dealkylation sites (N-methyl/N-ethyl adjacent to an activating group) is 1. The molecule has 168 valence electrons. The highest BCUT2D eigenvalue weighted by molar-refractivity contribution is 7.18. The third-order valence-electron chi connectivity index (χ3n) is 5.99. The largest absolute Gasteiger partial charge is 0.486 e. The van der Waals surface area contributed by atoms with Gasteiger partial charge >= 0.3 is 0 Å². The summed E-state index contributed by atoms with van der Waals surface area (Å²) in [5.41, 5.74) is 1.08. The number of fused-ring (bicyclic) bond motifs is 2. The van der Waals surface area contributed by atoms with Gasteiger partial charge in [-0.05, 0) is 24.3 Å². The monoisotopic (exact) mass is 452 g/mol. The molecule has 3 heterocycles. The van der Waals surface area contributed by atoms with Crippen molar-refractivity contribution < 1.29 is 14.3 Å². The molecular formula is C24H28N4O3S. The number of aromatic nitrogens is 1. The van der Waals surface area contributed by atoms with Gasteiger partial charge in [-0.2, -0.15) is 0 Å². The highest BCUT2D eigenvalue weighted by atomic mass is 32.1. The van der Waals surface area contributed by atoms with E-state index in [1.165, 1.54) is 4.70 Å². The number of thiazole rings is 1. The van der Waals surface area contributed by atoms with E-state index in [2.05, 4.69) is 28.0 Å². The molecule has 3 aromatic rings. The van der Waals surface area contributed by atoms with Crippen LogP contribution >= 0.6 is 11.3 Å². The van der Waals surface area contributed by atoms with Gasteiger partial charge in [0, 0.05) is 33.2 Å². The number of nitrogens with zero attached hydrogens (tertiary/aromatic N) is 4. The van der Waals surface area contributed by atoms with E-state index >= 15 is 0 Å². The standard InChI is InChI=1S/C24H28N4O3S/c1-26(14-18-17-30-20-7-3-4-8-21(20)31-18)24(29)16-28-12-10-27(11-13-28)15-23-25-19-6-2-5-9-22(19)32-23/h2-9,18H,10-17H2,1H3/t18-/m1/s1. The lowest BCUT2D eigenvalue weighted by atomic mass is 10.2. The summed E-state index contributed by atoms with van der Waals surface area (Å²) in [6, 6.07) is 15.9. The molecule has 0 saturated carbocycles. The Hall–Kier alpha value is -2.68. The highest BCUT2D eigenvalue weighted by Crippen LogP contribution is 2.31. The molecular weight excluding hydrogens is 424 g/mol. The Morgan fingerprint density at radius 1 is 1.06 bits per heavy atom. The van der Waals surface area contributed by atoms with Crippen LogP contribution in [0.15, 0.2) is 48.5 Å². The van der Waals surface area contributed by atoms with Gasteiger partial charge in [0.15, 0.2) is 17.6 Å². The zero-order valence-electron chi connectivity index (χ0n) is 18.3. The van der Waals surface area contributed by atoms with Crippen molar-refractivity contribution in [2.45, 2.75) is 12.6 Å². The number of piperazine rings is 1. The van der Waals surface area contributed by atoms with Crippen LogP contribution in [0.5, 0.6) is 11.5 Å². The van der Waals surface area contributed by atoms with Crippen LogP contribution in [-0.4, -0.2) is 84.6 Å².